The Kier molecular flexibility index (Phi) is 4.06. The number of halogens is 1. The number of nitrogens with one attached hydrogen (secondary N) is 1. The molecule has 3 rings (SSSR count). The molecule has 0 unspecified atom stereocenters. The number of hydrogen-bond acceptors (Lipinski definition) is 5. The van der Waals surface area contributed by atoms with Crippen molar-refractivity contribution in [2.24, 2.45) is 0 Å². The molecule has 0 saturated carbocycles. The molecule has 1 aromatic carbocycles. The molecule has 0 fully saturated rings. The lowest BCUT2D eigenvalue weighted by Crippen LogP contribution is -2.00. The Labute approximate surface area is 129 Å². The number of hydrogen-bond donors (Lipinski definition) is 1. The average Bonchev–Trinajstić information content (AvgIpc) is 3.00. The van der Waals surface area contributed by atoms with Gasteiger partial charge in [-0.15, -0.1) is 0 Å². The molecule has 0 aliphatic rings. The van der Waals surface area contributed by atoms with Crippen LogP contribution in [-0.2, 0) is 10.5 Å². The summed E-state index contributed by atoms with van der Waals surface area (Å²) in [5, 5.41) is 1.32. The molecule has 3 aromatic rings. The largest absolute Gasteiger partial charge is 0.464 e. The van der Waals surface area contributed by atoms with E-state index in [4.69, 9.17) is 0 Å². The predicted molar refractivity (Wildman–Crippen MR) is 81.2 cm³/mol. The van der Waals surface area contributed by atoms with E-state index in [2.05, 4.69) is 19.7 Å². The first-order chi connectivity index (χ1) is 10.7. The highest BCUT2D eigenvalue weighted by Crippen LogP contribution is 2.25. The Morgan fingerprint density at radius 2 is 2.27 bits per heavy atom. The number of rotatable bonds is 4. The third-order valence-electron chi connectivity index (χ3n) is 3.07. The van der Waals surface area contributed by atoms with Crippen molar-refractivity contribution in [3.63, 3.8) is 0 Å². The molecule has 1 N–H and O–H groups in total. The van der Waals surface area contributed by atoms with Gasteiger partial charge in [0.1, 0.15) is 11.5 Å². The summed E-state index contributed by atoms with van der Waals surface area (Å²) in [5.41, 5.74) is 1.82. The summed E-state index contributed by atoms with van der Waals surface area (Å²) in [5.74, 6) is -0.289. The number of carbonyl (C=O) groups excluding carboxylic acids is 1. The van der Waals surface area contributed by atoms with Gasteiger partial charge in [-0.3, -0.25) is 4.98 Å². The quantitative estimate of drug-likeness (QED) is 0.591. The van der Waals surface area contributed by atoms with Crippen LogP contribution in [-0.4, -0.2) is 28.0 Å². The second kappa shape index (κ2) is 6.15. The highest BCUT2D eigenvalue weighted by molar-refractivity contribution is 7.98. The van der Waals surface area contributed by atoms with Gasteiger partial charge in [0.15, 0.2) is 5.16 Å². The summed E-state index contributed by atoms with van der Waals surface area (Å²) in [4.78, 5) is 22.6. The standard InChI is InChI=1S/C15H12FN3O2S/c1-21-14(20)12-7-18-15(19-12)22-8-10-6-11(16)5-9-3-2-4-17-13(9)10/h2-7H,8H2,1H3,(H,18,19). The Morgan fingerprint density at radius 3 is 3.09 bits per heavy atom. The number of esters is 1. The SMILES string of the molecule is COC(=O)c1cnc(SCc2cc(F)cc3cccnc23)[nH]1. The lowest BCUT2D eigenvalue weighted by atomic mass is 10.1. The molecule has 0 atom stereocenters. The van der Waals surface area contributed by atoms with Crippen molar-refractivity contribution in [3.05, 3.63) is 53.7 Å². The van der Waals surface area contributed by atoms with Crippen molar-refractivity contribution < 1.29 is 13.9 Å². The molecule has 2 heterocycles. The van der Waals surface area contributed by atoms with Crippen LogP contribution in [0.5, 0.6) is 0 Å². The minimum absolute atomic E-state index is 0.284. The minimum Gasteiger partial charge on any atom is -0.464 e. The molecular weight excluding hydrogens is 305 g/mol. The minimum atomic E-state index is -0.475. The monoisotopic (exact) mass is 317 g/mol. The Morgan fingerprint density at radius 1 is 1.41 bits per heavy atom. The number of thioether (sulfide) groups is 1. The molecule has 0 saturated heterocycles. The first-order valence-corrected chi connectivity index (χ1v) is 7.45. The summed E-state index contributed by atoms with van der Waals surface area (Å²) in [6.45, 7) is 0. The maximum atomic E-state index is 13.7. The normalized spacial score (nSPS) is 10.8. The van der Waals surface area contributed by atoms with E-state index < -0.39 is 5.97 Å². The van der Waals surface area contributed by atoms with Gasteiger partial charge in [0, 0.05) is 17.3 Å². The third kappa shape index (κ3) is 2.94. The Hall–Kier alpha value is -2.41. The third-order valence-corrected chi connectivity index (χ3v) is 4.01. The molecule has 0 bridgehead atoms. The van der Waals surface area contributed by atoms with Crippen molar-refractivity contribution in [2.75, 3.05) is 7.11 Å². The molecule has 112 valence electrons. The second-order valence-corrected chi connectivity index (χ2v) is 5.49. The number of fused-ring (bicyclic) bond motifs is 1. The zero-order valence-electron chi connectivity index (χ0n) is 11.7. The number of carbonyl (C=O) groups is 1. The van der Waals surface area contributed by atoms with E-state index in [0.717, 1.165) is 16.5 Å². The number of imidazole rings is 1. The van der Waals surface area contributed by atoms with Crippen LogP contribution < -0.4 is 0 Å². The number of ether oxygens (including phenoxy) is 1. The molecule has 0 radical (unpaired) electrons. The van der Waals surface area contributed by atoms with E-state index in [1.54, 1.807) is 12.3 Å². The van der Waals surface area contributed by atoms with E-state index in [1.807, 2.05) is 6.07 Å². The number of pyridine rings is 1. The predicted octanol–water partition coefficient (Wildman–Crippen LogP) is 3.18. The first kappa shape index (κ1) is 14.5. The molecule has 0 spiro atoms. The van der Waals surface area contributed by atoms with Gasteiger partial charge < -0.3 is 9.72 Å². The first-order valence-electron chi connectivity index (χ1n) is 6.46. The van der Waals surface area contributed by atoms with Crippen molar-refractivity contribution >= 4 is 28.6 Å². The number of nitrogens with zero attached hydrogens (tertiary/aromatic N) is 2. The second-order valence-electron chi connectivity index (χ2n) is 4.52. The van der Waals surface area contributed by atoms with E-state index in [1.165, 1.54) is 37.2 Å². The number of methoxy groups -OCH3 is 1. The maximum absolute atomic E-state index is 13.7. The molecule has 22 heavy (non-hydrogen) atoms. The highest BCUT2D eigenvalue weighted by atomic mass is 32.2. The van der Waals surface area contributed by atoms with Crippen LogP contribution in [0.1, 0.15) is 16.1 Å². The molecule has 0 aliphatic carbocycles. The summed E-state index contributed by atoms with van der Waals surface area (Å²) >= 11 is 1.36. The number of aromatic amines is 1. The van der Waals surface area contributed by atoms with Crippen molar-refractivity contribution in [2.45, 2.75) is 10.9 Å². The fourth-order valence-electron chi connectivity index (χ4n) is 2.07. The number of benzene rings is 1. The lowest BCUT2D eigenvalue weighted by Gasteiger charge is -2.05. The fourth-order valence-corrected chi connectivity index (χ4v) is 2.90. The van der Waals surface area contributed by atoms with Gasteiger partial charge in [0.05, 0.1) is 18.8 Å². The van der Waals surface area contributed by atoms with Crippen LogP contribution in [0.15, 0.2) is 41.8 Å². The van der Waals surface area contributed by atoms with E-state index in [0.29, 0.717) is 10.9 Å². The van der Waals surface area contributed by atoms with Gasteiger partial charge in [-0.05, 0) is 23.8 Å². The van der Waals surface area contributed by atoms with Crippen LogP contribution >= 0.6 is 11.8 Å². The number of H-pyrrole nitrogens is 1. The zero-order chi connectivity index (χ0) is 15.5. The van der Waals surface area contributed by atoms with Crippen LogP contribution in [0.25, 0.3) is 10.9 Å². The molecular formula is C15H12FN3O2S. The van der Waals surface area contributed by atoms with E-state index >= 15 is 0 Å². The van der Waals surface area contributed by atoms with Crippen molar-refractivity contribution in [1.82, 2.24) is 15.0 Å². The Balaban J connectivity index is 1.82. The zero-order valence-corrected chi connectivity index (χ0v) is 12.5. The molecule has 7 heteroatoms. The van der Waals surface area contributed by atoms with Crippen molar-refractivity contribution in [3.8, 4) is 0 Å². The summed E-state index contributed by atoms with van der Waals surface area (Å²) < 4.78 is 18.3. The van der Waals surface area contributed by atoms with Gasteiger partial charge in [0.2, 0.25) is 0 Å². The summed E-state index contributed by atoms with van der Waals surface area (Å²) in [6, 6.07) is 6.51. The van der Waals surface area contributed by atoms with Crippen LogP contribution in [0.2, 0.25) is 0 Å². The Bertz CT molecular complexity index is 835. The van der Waals surface area contributed by atoms with E-state index in [9.17, 15) is 9.18 Å². The van der Waals surface area contributed by atoms with E-state index in [-0.39, 0.29) is 11.5 Å². The maximum Gasteiger partial charge on any atom is 0.356 e. The molecule has 0 amide bonds. The molecule has 0 aliphatic heterocycles. The fraction of sp³-hybridized carbons (Fsp3) is 0.133. The average molecular weight is 317 g/mol. The molecule has 5 nitrogen and oxygen atoms in total. The molecule has 2 aromatic heterocycles. The summed E-state index contributed by atoms with van der Waals surface area (Å²) in [6.07, 6.45) is 3.09. The van der Waals surface area contributed by atoms with Gasteiger partial charge in [-0.1, -0.05) is 17.8 Å². The lowest BCUT2D eigenvalue weighted by molar-refractivity contribution is 0.0594. The van der Waals surface area contributed by atoms with Gasteiger partial charge in [-0.2, -0.15) is 0 Å². The smallest absolute Gasteiger partial charge is 0.356 e. The summed E-state index contributed by atoms with van der Waals surface area (Å²) in [7, 11) is 1.31. The van der Waals surface area contributed by atoms with Gasteiger partial charge >= 0.3 is 5.97 Å². The van der Waals surface area contributed by atoms with Crippen LogP contribution in [0.4, 0.5) is 4.39 Å². The van der Waals surface area contributed by atoms with Crippen LogP contribution in [0, 0.1) is 5.82 Å². The topological polar surface area (TPSA) is 67.9 Å². The van der Waals surface area contributed by atoms with Crippen molar-refractivity contribution in [1.29, 1.82) is 0 Å². The van der Waals surface area contributed by atoms with Gasteiger partial charge in [0.25, 0.3) is 0 Å². The van der Waals surface area contributed by atoms with Gasteiger partial charge in [-0.25, -0.2) is 14.2 Å². The van der Waals surface area contributed by atoms with Crippen LogP contribution in [0.3, 0.4) is 0 Å². The number of aromatic nitrogens is 3. The highest BCUT2D eigenvalue weighted by Gasteiger charge is 2.11.